The molecule has 0 bridgehead atoms. The Bertz CT molecular complexity index is 611. The third-order valence-electron chi connectivity index (χ3n) is 5.85. The van der Waals surface area contributed by atoms with E-state index in [9.17, 15) is 5.11 Å². The molecule has 1 aromatic carbocycles. The van der Waals surface area contributed by atoms with Crippen LogP contribution in [0.25, 0.3) is 0 Å². The van der Waals surface area contributed by atoms with Crippen LogP contribution in [0.15, 0.2) is 29.3 Å². The normalized spacial score (nSPS) is 24.0. The van der Waals surface area contributed by atoms with Crippen LogP contribution >= 0.6 is 24.0 Å². The second-order valence-electron chi connectivity index (χ2n) is 7.65. The molecule has 1 aliphatic heterocycles. The van der Waals surface area contributed by atoms with E-state index in [4.69, 9.17) is 4.74 Å². The van der Waals surface area contributed by atoms with Gasteiger partial charge < -0.3 is 20.5 Å². The van der Waals surface area contributed by atoms with E-state index in [1.807, 2.05) is 7.05 Å². The fourth-order valence-electron chi connectivity index (χ4n) is 3.92. The van der Waals surface area contributed by atoms with Gasteiger partial charge in [0, 0.05) is 44.2 Å². The number of aryl methyl sites for hydroxylation is 1. The summed E-state index contributed by atoms with van der Waals surface area (Å²) in [4.78, 5) is 4.38. The first kappa shape index (κ1) is 21.4. The third kappa shape index (κ3) is 4.89. The van der Waals surface area contributed by atoms with E-state index in [2.05, 4.69) is 46.8 Å². The third-order valence-corrected chi connectivity index (χ3v) is 5.85. The van der Waals surface area contributed by atoms with Gasteiger partial charge in [-0.1, -0.05) is 24.3 Å². The summed E-state index contributed by atoms with van der Waals surface area (Å²) in [7, 11) is 1.81. The number of nitrogens with zero attached hydrogens (tertiary/aromatic N) is 1. The van der Waals surface area contributed by atoms with Gasteiger partial charge in [0.2, 0.25) is 0 Å². The standard InChI is InChI=1S/C20H31N3O2.HI/c1-16-5-3-4-6-17(16)20(7-8-20)14-23-18(21-2)22-13-19(9-11-24)10-12-25-15-19;/h3-6,24H,7-15H2,1-2H3,(H2,21,22,23);1H. The number of nitrogens with one attached hydrogen (secondary N) is 2. The van der Waals surface area contributed by atoms with Crippen molar-refractivity contribution in [2.45, 2.75) is 38.0 Å². The number of benzene rings is 1. The van der Waals surface area contributed by atoms with E-state index < -0.39 is 0 Å². The number of hydrogen-bond donors (Lipinski definition) is 3. The zero-order valence-corrected chi connectivity index (χ0v) is 18.2. The SMILES string of the molecule is CN=C(NCC1(CCO)CCOC1)NCC1(c2ccccc2C)CC1.I. The molecule has 1 saturated carbocycles. The maximum absolute atomic E-state index is 9.36. The first-order chi connectivity index (χ1) is 12.1. The van der Waals surface area contributed by atoms with Gasteiger partial charge in [-0.25, -0.2) is 0 Å². The molecule has 1 heterocycles. The lowest BCUT2D eigenvalue weighted by molar-refractivity contribution is 0.127. The minimum absolute atomic E-state index is 0. The van der Waals surface area contributed by atoms with Gasteiger partial charge in [0.05, 0.1) is 6.61 Å². The molecule has 0 radical (unpaired) electrons. The molecule has 2 fully saturated rings. The Morgan fingerprint density at radius 3 is 2.50 bits per heavy atom. The predicted molar refractivity (Wildman–Crippen MR) is 116 cm³/mol. The van der Waals surface area contributed by atoms with Gasteiger partial charge in [-0.05, 0) is 43.7 Å². The van der Waals surface area contributed by atoms with Crippen molar-refractivity contribution in [3.05, 3.63) is 35.4 Å². The number of guanidine groups is 1. The van der Waals surface area contributed by atoms with Gasteiger partial charge in [-0.3, -0.25) is 4.99 Å². The molecule has 6 heteroatoms. The van der Waals surface area contributed by atoms with E-state index in [0.717, 1.165) is 38.5 Å². The molecular weight excluding hydrogens is 441 g/mol. The molecular formula is C20H32IN3O2. The van der Waals surface area contributed by atoms with Crippen molar-refractivity contribution < 1.29 is 9.84 Å². The van der Waals surface area contributed by atoms with E-state index >= 15 is 0 Å². The van der Waals surface area contributed by atoms with Crippen molar-refractivity contribution in [2.24, 2.45) is 10.4 Å². The molecule has 1 saturated heterocycles. The highest BCUT2D eigenvalue weighted by atomic mass is 127. The van der Waals surface area contributed by atoms with Crippen LogP contribution in [0.4, 0.5) is 0 Å². The van der Waals surface area contributed by atoms with Gasteiger partial charge in [-0.2, -0.15) is 0 Å². The van der Waals surface area contributed by atoms with Crippen LogP contribution < -0.4 is 10.6 Å². The Morgan fingerprint density at radius 1 is 1.19 bits per heavy atom. The zero-order valence-electron chi connectivity index (χ0n) is 15.9. The number of rotatable bonds is 7. The smallest absolute Gasteiger partial charge is 0.191 e. The molecule has 1 unspecified atom stereocenters. The fourth-order valence-corrected chi connectivity index (χ4v) is 3.92. The van der Waals surface area contributed by atoms with Crippen LogP contribution in [0.5, 0.6) is 0 Å². The van der Waals surface area contributed by atoms with Crippen molar-refractivity contribution in [2.75, 3.05) is 40.0 Å². The molecule has 2 aliphatic rings. The van der Waals surface area contributed by atoms with Crippen LogP contribution in [0.2, 0.25) is 0 Å². The lowest BCUT2D eigenvalue weighted by Crippen LogP contribution is -2.46. The fraction of sp³-hybridized carbons (Fsp3) is 0.650. The van der Waals surface area contributed by atoms with Gasteiger partial charge >= 0.3 is 0 Å². The maximum Gasteiger partial charge on any atom is 0.191 e. The quantitative estimate of drug-likeness (QED) is 0.324. The van der Waals surface area contributed by atoms with Crippen molar-refractivity contribution in [1.29, 1.82) is 0 Å². The van der Waals surface area contributed by atoms with Gasteiger partial charge in [0.1, 0.15) is 0 Å². The molecule has 3 rings (SSSR count). The molecule has 0 aromatic heterocycles. The molecule has 5 nitrogen and oxygen atoms in total. The Hall–Kier alpha value is -0.860. The number of halogens is 1. The number of aliphatic imine (C=N–C) groups is 1. The summed E-state index contributed by atoms with van der Waals surface area (Å²) < 4.78 is 5.56. The first-order valence-electron chi connectivity index (χ1n) is 9.32. The molecule has 26 heavy (non-hydrogen) atoms. The van der Waals surface area contributed by atoms with Crippen LogP contribution in [-0.4, -0.2) is 51.0 Å². The number of aliphatic hydroxyl groups excluding tert-OH is 1. The highest BCUT2D eigenvalue weighted by molar-refractivity contribution is 14.0. The lowest BCUT2D eigenvalue weighted by Gasteiger charge is -2.28. The Kier molecular flexibility index (Phi) is 7.73. The van der Waals surface area contributed by atoms with E-state index in [-0.39, 0.29) is 41.4 Å². The number of hydrogen-bond acceptors (Lipinski definition) is 3. The minimum Gasteiger partial charge on any atom is -0.396 e. The number of ether oxygens (including phenoxy) is 1. The Balaban J connectivity index is 0.00000243. The summed E-state index contributed by atoms with van der Waals surface area (Å²) in [5, 5.41) is 16.3. The molecule has 1 aromatic rings. The van der Waals surface area contributed by atoms with Crippen molar-refractivity contribution in [3.63, 3.8) is 0 Å². The Morgan fingerprint density at radius 2 is 1.92 bits per heavy atom. The van der Waals surface area contributed by atoms with Crippen molar-refractivity contribution in [3.8, 4) is 0 Å². The monoisotopic (exact) mass is 473 g/mol. The van der Waals surface area contributed by atoms with E-state index in [1.165, 1.54) is 24.0 Å². The molecule has 1 aliphatic carbocycles. The molecule has 0 spiro atoms. The van der Waals surface area contributed by atoms with E-state index in [1.54, 1.807) is 0 Å². The van der Waals surface area contributed by atoms with Crippen LogP contribution in [-0.2, 0) is 10.2 Å². The molecule has 3 N–H and O–H groups in total. The summed E-state index contributed by atoms with van der Waals surface area (Å²) in [6.07, 6.45) is 4.21. The molecule has 146 valence electrons. The van der Waals surface area contributed by atoms with Gasteiger partial charge in [0.25, 0.3) is 0 Å². The van der Waals surface area contributed by atoms with Crippen LogP contribution in [0.1, 0.15) is 36.8 Å². The van der Waals surface area contributed by atoms with E-state index in [0.29, 0.717) is 6.61 Å². The minimum atomic E-state index is 0. The molecule has 0 amide bonds. The second-order valence-corrected chi connectivity index (χ2v) is 7.65. The Labute approximate surface area is 174 Å². The summed E-state index contributed by atoms with van der Waals surface area (Å²) in [6, 6.07) is 8.69. The average Bonchev–Trinajstić information content (AvgIpc) is 3.27. The van der Waals surface area contributed by atoms with Gasteiger partial charge in [-0.15, -0.1) is 24.0 Å². The highest BCUT2D eigenvalue weighted by Crippen LogP contribution is 2.48. The topological polar surface area (TPSA) is 65.9 Å². The second kappa shape index (κ2) is 9.37. The van der Waals surface area contributed by atoms with Crippen molar-refractivity contribution in [1.82, 2.24) is 10.6 Å². The summed E-state index contributed by atoms with van der Waals surface area (Å²) in [6.45, 7) is 5.58. The lowest BCUT2D eigenvalue weighted by atomic mass is 9.84. The van der Waals surface area contributed by atoms with Crippen LogP contribution in [0.3, 0.4) is 0 Å². The average molecular weight is 473 g/mol. The molecule has 1 atom stereocenters. The first-order valence-corrected chi connectivity index (χ1v) is 9.32. The maximum atomic E-state index is 9.36. The number of aliphatic hydroxyl groups is 1. The van der Waals surface area contributed by atoms with Gasteiger partial charge in [0.15, 0.2) is 5.96 Å². The largest absolute Gasteiger partial charge is 0.396 e. The zero-order chi connectivity index (χ0) is 17.8. The van der Waals surface area contributed by atoms with Crippen molar-refractivity contribution >= 4 is 29.9 Å². The van der Waals surface area contributed by atoms with Crippen LogP contribution in [0, 0.1) is 12.3 Å². The summed E-state index contributed by atoms with van der Waals surface area (Å²) in [5.41, 5.74) is 3.11. The summed E-state index contributed by atoms with van der Waals surface area (Å²) in [5.74, 6) is 0.837. The highest BCUT2D eigenvalue weighted by Gasteiger charge is 2.45. The predicted octanol–water partition coefficient (Wildman–Crippen LogP) is 2.60. The summed E-state index contributed by atoms with van der Waals surface area (Å²) >= 11 is 0.